The third-order valence-electron chi connectivity index (χ3n) is 3.58. The van der Waals surface area contributed by atoms with Gasteiger partial charge in [0.05, 0.1) is 17.8 Å². The minimum atomic E-state index is -3.68. The Morgan fingerprint density at radius 1 is 0.960 bits per heavy atom. The van der Waals surface area contributed by atoms with E-state index in [1.807, 2.05) is 30.3 Å². The third kappa shape index (κ3) is 4.09. The normalized spacial score (nSPS) is 12.6. The summed E-state index contributed by atoms with van der Waals surface area (Å²) in [5.41, 5.74) is 1.58. The first-order chi connectivity index (χ1) is 11.6. The molecule has 3 rings (SSSR count). The van der Waals surface area contributed by atoms with Gasteiger partial charge in [-0.2, -0.15) is 8.42 Å². The Balaban J connectivity index is 2.18. The number of sulfone groups is 1. The second-order valence-corrected chi connectivity index (χ2v) is 9.38. The van der Waals surface area contributed by atoms with Crippen molar-refractivity contribution < 1.29 is 25.4 Å². The lowest BCUT2D eigenvalue weighted by Crippen LogP contribution is -2.04. The first kappa shape index (κ1) is 17.7. The van der Waals surface area contributed by atoms with Gasteiger partial charge in [-0.15, -0.1) is 0 Å². The van der Waals surface area contributed by atoms with Crippen LogP contribution in [0.15, 0.2) is 57.8 Å². The molecule has 2 aromatic carbocycles. The summed E-state index contributed by atoms with van der Waals surface area (Å²) in [6.07, 6.45) is 2.02. The molecule has 0 amide bonds. The van der Waals surface area contributed by atoms with Gasteiger partial charge in [0.25, 0.3) is 10.1 Å². The van der Waals surface area contributed by atoms with Crippen molar-refractivity contribution in [3.8, 4) is 11.3 Å². The van der Waals surface area contributed by atoms with Crippen LogP contribution in [0.3, 0.4) is 0 Å². The van der Waals surface area contributed by atoms with E-state index in [9.17, 15) is 16.8 Å². The highest BCUT2D eigenvalue weighted by Gasteiger charge is 2.17. The number of benzene rings is 2. The number of fused-ring (bicyclic) bond motifs is 1. The van der Waals surface area contributed by atoms with Gasteiger partial charge in [-0.3, -0.25) is 4.18 Å². The summed E-state index contributed by atoms with van der Waals surface area (Å²) in [5, 5.41) is 0.564. The van der Waals surface area contributed by atoms with E-state index in [0.717, 1.165) is 18.1 Å². The molecular weight excluding hydrogens is 364 g/mol. The van der Waals surface area contributed by atoms with Gasteiger partial charge >= 0.3 is 0 Å². The second-order valence-electron chi connectivity index (χ2n) is 5.72. The molecule has 0 aliphatic carbocycles. The average Bonchev–Trinajstić information content (AvgIpc) is 2.96. The molecule has 1 heterocycles. The standard InChI is InChI=1S/C17H16O6S2/c1-24(18,19)15-8-13-10-16(12-6-4-3-5-7-12)23-17(13)14(9-15)11-22-25(2,20)21/h3-10H,11H2,1-2H3. The molecule has 132 valence electrons. The molecule has 6 nitrogen and oxygen atoms in total. The molecule has 3 aromatic rings. The van der Waals surface area contributed by atoms with Gasteiger partial charge in [0.15, 0.2) is 9.84 Å². The van der Waals surface area contributed by atoms with E-state index in [1.165, 1.54) is 12.1 Å². The van der Waals surface area contributed by atoms with Gasteiger partial charge in [0.2, 0.25) is 0 Å². The molecule has 0 saturated heterocycles. The van der Waals surface area contributed by atoms with Crippen LogP contribution in [0.2, 0.25) is 0 Å². The lowest BCUT2D eigenvalue weighted by atomic mass is 10.1. The van der Waals surface area contributed by atoms with Crippen molar-refractivity contribution in [3.63, 3.8) is 0 Å². The maximum Gasteiger partial charge on any atom is 0.264 e. The molecule has 1 aromatic heterocycles. The molecule has 0 unspecified atom stereocenters. The summed E-state index contributed by atoms with van der Waals surface area (Å²) >= 11 is 0. The van der Waals surface area contributed by atoms with Gasteiger partial charge in [0.1, 0.15) is 11.3 Å². The number of hydrogen-bond acceptors (Lipinski definition) is 6. The van der Waals surface area contributed by atoms with E-state index >= 15 is 0 Å². The molecule has 0 aliphatic rings. The predicted molar refractivity (Wildman–Crippen MR) is 94.4 cm³/mol. The molecule has 0 bridgehead atoms. The van der Waals surface area contributed by atoms with E-state index < -0.39 is 20.0 Å². The molecule has 0 atom stereocenters. The summed E-state index contributed by atoms with van der Waals surface area (Å²) in [7, 11) is -7.15. The molecular formula is C17H16O6S2. The van der Waals surface area contributed by atoms with Crippen molar-refractivity contribution in [1.29, 1.82) is 0 Å². The summed E-state index contributed by atoms with van der Waals surface area (Å²) in [5.74, 6) is 0.557. The number of hydrogen-bond donors (Lipinski definition) is 0. The SMILES string of the molecule is CS(=O)(=O)OCc1cc(S(C)(=O)=O)cc2cc(-c3ccccc3)oc12. The molecule has 8 heteroatoms. The van der Waals surface area contributed by atoms with Gasteiger partial charge in [-0.1, -0.05) is 30.3 Å². The van der Waals surface area contributed by atoms with Crippen molar-refractivity contribution in [3.05, 3.63) is 54.1 Å². The molecule has 0 saturated carbocycles. The van der Waals surface area contributed by atoms with E-state index in [1.54, 1.807) is 6.07 Å². The van der Waals surface area contributed by atoms with Crippen molar-refractivity contribution >= 4 is 30.9 Å². The van der Waals surface area contributed by atoms with E-state index in [4.69, 9.17) is 8.60 Å². The van der Waals surface area contributed by atoms with Crippen molar-refractivity contribution in [2.24, 2.45) is 0 Å². The Morgan fingerprint density at radius 3 is 2.24 bits per heavy atom. The molecule has 25 heavy (non-hydrogen) atoms. The Morgan fingerprint density at radius 2 is 1.64 bits per heavy atom. The average molecular weight is 380 g/mol. The van der Waals surface area contributed by atoms with Crippen LogP contribution in [-0.2, 0) is 30.7 Å². The lowest BCUT2D eigenvalue weighted by molar-refractivity contribution is 0.311. The van der Waals surface area contributed by atoms with E-state index in [2.05, 4.69) is 0 Å². The van der Waals surface area contributed by atoms with Crippen LogP contribution < -0.4 is 0 Å². The van der Waals surface area contributed by atoms with Crippen LogP contribution in [0.5, 0.6) is 0 Å². The topological polar surface area (TPSA) is 90.7 Å². The fourth-order valence-electron chi connectivity index (χ4n) is 2.43. The highest BCUT2D eigenvalue weighted by Crippen LogP contribution is 2.32. The first-order valence-corrected chi connectivity index (χ1v) is 11.0. The van der Waals surface area contributed by atoms with Crippen LogP contribution in [0, 0.1) is 0 Å². The summed E-state index contributed by atoms with van der Waals surface area (Å²) in [4.78, 5) is 0.0764. The lowest BCUT2D eigenvalue weighted by Gasteiger charge is -2.06. The zero-order chi connectivity index (χ0) is 18.2. The Kier molecular flexibility index (Phi) is 4.44. The predicted octanol–water partition coefficient (Wildman–Crippen LogP) is 2.98. The van der Waals surface area contributed by atoms with E-state index in [0.29, 0.717) is 22.3 Å². The fourth-order valence-corrected chi connectivity index (χ4v) is 3.47. The van der Waals surface area contributed by atoms with Gasteiger partial charge in [-0.05, 0) is 18.2 Å². The molecule has 0 radical (unpaired) electrons. The van der Waals surface area contributed by atoms with Crippen LogP contribution in [0.4, 0.5) is 0 Å². The molecule has 0 spiro atoms. The van der Waals surface area contributed by atoms with E-state index in [-0.39, 0.29) is 11.5 Å². The van der Waals surface area contributed by atoms with Crippen molar-refractivity contribution in [1.82, 2.24) is 0 Å². The molecule has 0 N–H and O–H groups in total. The smallest absolute Gasteiger partial charge is 0.264 e. The van der Waals surface area contributed by atoms with Crippen LogP contribution in [-0.4, -0.2) is 29.3 Å². The zero-order valence-corrected chi connectivity index (χ0v) is 15.2. The third-order valence-corrected chi connectivity index (χ3v) is 5.22. The molecule has 0 fully saturated rings. The highest BCUT2D eigenvalue weighted by atomic mass is 32.2. The van der Waals surface area contributed by atoms with Crippen LogP contribution in [0.1, 0.15) is 5.56 Å². The number of rotatable bonds is 5. The largest absolute Gasteiger partial charge is 0.456 e. The van der Waals surface area contributed by atoms with Gasteiger partial charge in [0, 0.05) is 22.8 Å². The Labute approximate surface area is 146 Å². The zero-order valence-electron chi connectivity index (χ0n) is 13.6. The van der Waals surface area contributed by atoms with Gasteiger partial charge in [-0.25, -0.2) is 8.42 Å². The number of furan rings is 1. The minimum absolute atomic E-state index is 0.0764. The summed E-state index contributed by atoms with van der Waals surface area (Å²) in [6.45, 7) is -0.305. The quantitative estimate of drug-likeness (QED) is 0.632. The minimum Gasteiger partial charge on any atom is -0.456 e. The monoisotopic (exact) mass is 380 g/mol. The maximum atomic E-state index is 11.9. The highest BCUT2D eigenvalue weighted by molar-refractivity contribution is 7.90. The summed E-state index contributed by atoms with van der Waals surface area (Å²) in [6, 6.07) is 13.9. The van der Waals surface area contributed by atoms with Crippen LogP contribution in [0.25, 0.3) is 22.3 Å². The Bertz CT molecular complexity index is 1130. The van der Waals surface area contributed by atoms with Crippen molar-refractivity contribution in [2.75, 3.05) is 12.5 Å². The van der Waals surface area contributed by atoms with Crippen molar-refractivity contribution in [2.45, 2.75) is 11.5 Å². The summed E-state index contributed by atoms with van der Waals surface area (Å²) < 4.78 is 57.1. The van der Waals surface area contributed by atoms with Gasteiger partial charge < -0.3 is 4.42 Å². The van der Waals surface area contributed by atoms with Crippen LogP contribution >= 0.6 is 0 Å². The fraction of sp³-hybridized carbons (Fsp3) is 0.176. The first-order valence-electron chi connectivity index (χ1n) is 7.30. The second kappa shape index (κ2) is 6.29. The maximum absolute atomic E-state index is 11.9. The molecule has 0 aliphatic heterocycles. The Hall–Kier alpha value is -2.16.